The summed E-state index contributed by atoms with van der Waals surface area (Å²) in [6.45, 7) is 10.9. The first-order valence-corrected chi connectivity index (χ1v) is 8.03. The number of nitrogens with one attached hydrogen (secondary N) is 1. The molecule has 1 N–H and O–H groups in total. The molecule has 0 bridgehead atoms. The number of rotatable bonds is 3. The van der Waals surface area contributed by atoms with Crippen molar-refractivity contribution in [2.75, 3.05) is 38.0 Å². The molecule has 0 saturated carbocycles. The molecule has 1 aromatic carbocycles. The predicted octanol–water partition coefficient (Wildman–Crippen LogP) is 3.50. The summed E-state index contributed by atoms with van der Waals surface area (Å²) in [5, 5.41) is 3.00. The fourth-order valence-electron chi connectivity index (χ4n) is 2.59. The van der Waals surface area contributed by atoms with E-state index in [0.29, 0.717) is 0 Å². The number of carbonyl (C=O) groups excluding carboxylic acids is 1. The second-order valence-electron chi connectivity index (χ2n) is 6.22. The number of urea groups is 1. The Morgan fingerprint density at radius 3 is 2.77 bits per heavy atom. The van der Waals surface area contributed by atoms with Gasteiger partial charge in [-0.3, -0.25) is 4.90 Å². The van der Waals surface area contributed by atoms with E-state index in [2.05, 4.69) is 30.1 Å². The van der Waals surface area contributed by atoms with Gasteiger partial charge in [-0.25, -0.2) is 4.79 Å². The van der Waals surface area contributed by atoms with Crippen LogP contribution in [-0.2, 0) is 0 Å². The van der Waals surface area contributed by atoms with Crippen molar-refractivity contribution in [1.29, 1.82) is 0 Å². The number of carbonyl (C=O) groups is 1. The van der Waals surface area contributed by atoms with E-state index in [1.165, 1.54) is 5.57 Å². The predicted molar refractivity (Wildman–Crippen MR) is 92.3 cm³/mol. The van der Waals surface area contributed by atoms with Crippen molar-refractivity contribution in [3.05, 3.63) is 41.5 Å². The van der Waals surface area contributed by atoms with Crippen molar-refractivity contribution in [1.82, 2.24) is 9.80 Å². The molecule has 22 heavy (non-hydrogen) atoms. The van der Waals surface area contributed by atoms with Crippen molar-refractivity contribution in [3.8, 4) is 0 Å². The molecule has 4 heteroatoms. The summed E-state index contributed by atoms with van der Waals surface area (Å²) < 4.78 is 0. The Morgan fingerprint density at radius 1 is 1.23 bits per heavy atom. The molecule has 0 unspecified atom stereocenters. The molecule has 0 aliphatic carbocycles. The van der Waals surface area contributed by atoms with Crippen molar-refractivity contribution in [2.24, 2.45) is 0 Å². The van der Waals surface area contributed by atoms with Crippen molar-refractivity contribution in [2.45, 2.75) is 27.2 Å². The summed E-state index contributed by atoms with van der Waals surface area (Å²) in [7, 11) is 0. The lowest BCUT2D eigenvalue weighted by molar-refractivity contribution is 0.212. The first-order valence-electron chi connectivity index (χ1n) is 8.03. The van der Waals surface area contributed by atoms with Crippen LogP contribution < -0.4 is 5.32 Å². The quantitative estimate of drug-likeness (QED) is 0.867. The fraction of sp³-hybridized carbons (Fsp3) is 0.500. The number of amides is 2. The lowest BCUT2D eigenvalue weighted by atomic mass is 10.2. The van der Waals surface area contributed by atoms with Gasteiger partial charge < -0.3 is 10.2 Å². The Kier molecular flexibility index (Phi) is 6.01. The molecular weight excluding hydrogens is 274 g/mol. The Bertz CT molecular complexity index is 535. The third kappa shape index (κ3) is 5.19. The van der Waals surface area contributed by atoms with Crippen LogP contribution in [0, 0.1) is 6.92 Å². The third-order valence-corrected chi connectivity index (χ3v) is 3.90. The lowest BCUT2D eigenvalue weighted by Crippen LogP contribution is -2.38. The van der Waals surface area contributed by atoms with Gasteiger partial charge in [0, 0.05) is 38.4 Å². The maximum atomic E-state index is 12.4. The van der Waals surface area contributed by atoms with Crippen molar-refractivity contribution >= 4 is 11.7 Å². The monoisotopic (exact) mass is 301 g/mol. The summed E-state index contributed by atoms with van der Waals surface area (Å²) in [6.07, 6.45) is 3.28. The summed E-state index contributed by atoms with van der Waals surface area (Å²) >= 11 is 0. The van der Waals surface area contributed by atoms with Crippen LogP contribution in [-0.4, -0.2) is 48.6 Å². The molecule has 0 spiro atoms. The molecule has 1 aromatic rings. The van der Waals surface area contributed by atoms with Crippen LogP contribution in [0.3, 0.4) is 0 Å². The van der Waals surface area contributed by atoms with E-state index in [0.717, 1.165) is 50.4 Å². The van der Waals surface area contributed by atoms with E-state index < -0.39 is 0 Å². The molecule has 1 saturated heterocycles. The first-order chi connectivity index (χ1) is 10.5. The van der Waals surface area contributed by atoms with Gasteiger partial charge in [-0.05, 0) is 44.9 Å². The van der Waals surface area contributed by atoms with E-state index in [1.807, 2.05) is 36.1 Å². The molecule has 1 aliphatic heterocycles. The topological polar surface area (TPSA) is 35.6 Å². The molecule has 120 valence electrons. The number of anilines is 1. The average molecular weight is 301 g/mol. The second kappa shape index (κ2) is 7.99. The number of hydrogen-bond acceptors (Lipinski definition) is 2. The van der Waals surface area contributed by atoms with Gasteiger partial charge >= 0.3 is 6.03 Å². The zero-order valence-corrected chi connectivity index (χ0v) is 13.9. The number of allylic oxidation sites excluding steroid dienone is 1. The Morgan fingerprint density at radius 2 is 2.05 bits per heavy atom. The Labute approximate surface area is 133 Å². The largest absolute Gasteiger partial charge is 0.323 e. The van der Waals surface area contributed by atoms with Gasteiger partial charge in [0.05, 0.1) is 0 Å². The molecule has 1 aliphatic rings. The number of aryl methyl sites for hydroxylation is 1. The zero-order valence-electron chi connectivity index (χ0n) is 13.9. The molecule has 0 radical (unpaired) electrons. The van der Waals surface area contributed by atoms with E-state index in [4.69, 9.17) is 0 Å². The Balaban J connectivity index is 1.87. The Hall–Kier alpha value is -1.81. The molecule has 0 atom stereocenters. The van der Waals surface area contributed by atoms with Crippen LogP contribution in [0.4, 0.5) is 10.5 Å². The van der Waals surface area contributed by atoms with Crippen LogP contribution in [0.15, 0.2) is 35.9 Å². The maximum absolute atomic E-state index is 12.4. The van der Waals surface area contributed by atoms with Gasteiger partial charge in [-0.1, -0.05) is 23.8 Å². The molecular formula is C18H27N3O. The van der Waals surface area contributed by atoms with Gasteiger partial charge in [-0.2, -0.15) is 0 Å². The van der Waals surface area contributed by atoms with E-state index in [9.17, 15) is 4.79 Å². The SMILES string of the molecule is CC(C)=CCN1CCCN(C(=O)Nc2cccc(C)c2)CC1. The fourth-order valence-corrected chi connectivity index (χ4v) is 2.59. The highest BCUT2D eigenvalue weighted by Gasteiger charge is 2.18. The van der Waals surface area contributed by atoms with Crippen LogP contribution in [0.5, 0.6) is 0 Å². The lowest BCUT2D eigenvalue weighted by Gasteiger charge is -2.22. The van der Waals surface area contributed by atoms with Crippen LogP contribution >= 0.6 is 0 Å². The van der Waals surface area contributed by atoms with Crippen LogP contribution in [0.1, 0.15) is 25.8 Å². The molecule has 2 rings (SSSR count). The second-order valence-corrected chi connectivity index (χ2v) is 6.22. The normalized spacial score (nSPS) is 16.0. The highest BCUT2D eigenvalue weighted by Crippen LogP contribution is 2.12. The highest BCUT2D eigenvalue weighted by molar-refractivity contribution is 5.89. The van der Waals surface area contributed by atoms with E-state index >= 15 is 0 Å². The van der Waals surface area contributed by atoms with Gasteiger partial charge in [-0.15, -0.1) is 0 Å². The number of nitrogens with zero attached hydrogens (tertiary/aromatic N) is 2. The smallest absolute Gasteiger partial charge is 0.321 e. The summed E-state index contributed by atoms with van der Waals surface area (Å²) in [5.41, 5.74) is 3.37. The van der Waals surface area contributed by atoms with Crippen molar-refractivity contribution < 1.29 is 4.79 Å². The molecule has 1 fully saturated rings. The molecule has 2 amide bonds. The molecule has 4 nitrogen and oxygen atoms in total. The zero-order chi connectivity index (χ0) is 15.9. The van der Waals surface area contributed by atoms with Crippen LogP contribution in [0.25, 0.3) is 0 Å². The van der Waals surface area contributed by atoms with Crippen molar-refractivity contribution in [3.63, 3.8) is 0 Å². The van der Waals surface area contributed by atoms with Gasteiger partial charge in [0.2, 0.25) is 0 Å². The minimum atomic E-state index is 0.00895. The highest BCUT2D eigenvalue weighted by atomic mass is 16.2. The van der Waals surface area contributed by atoms with Crippen LogP contribution in [0.2, 0.25) is 0 Å². The molecule has 1 heterocycles. The summed E-state index contributed by atoms with van der Waals surface area (Å²) in [6, 6.07) is 7.94. The molecule has 0 aromatic heterocycles. The number of benzene rings is 1. The summed E-state index contributed by atoms with van der Waals surface area (Å²) in [5.74, 6) is 0. The van der Waals surface area contributed by atoms with E-state index in [-0.39, 0.29) is 6.03 Å². The number of hydrogen-bond donors (Lipinski definition) is 1. The standard InChI is InChI=1S/C18H27N3O/c1-15(2)8-11-20-9-5-10-21(13-12-20)18(22)19-17-7-4-6-16(3)14-17/h4,6-8,14H,5,9-13H2,1-3H3,(H,19,22). The van der Waals surface area contributed by atoms with Gasteiger partial charge in [0.25, 0.3) is 0 Å². The van der Waals surface area contributed by atoms with E-state index in [1.54, 1.807) is 0 Å². The minimum Gasteiger partial charge on any atom is -0.323 e. The summed E-state index contributed by atoms with van der Waals surface area (Å²) in [4.78, 5) is 16.7. The first kappa shape index (κ1) is 16.6. The minimum absolute atomic E-state index is 0.00895. The van der Waals surface area contributed by atoms with Gasteiger partial charge in [0.1, 0.15) is 0 Å². The maximum Gasteiger partial charge on any atom is 0.321 e. The average Bonchev–Trinajstić information content (AvgIpc) is 2.70. The third-order valence-electron chi connectivity index (χ3n) is 3.90. The van der Waals surface area contributed by atoms with Gasteiger partial charge in [0.15, 0.2) is 0 Å².